The Morgan fingerprint density at radius 1 is 1.07 bits per heavy atom. The third kappa shape index (κ3) is 3.09. The summed E-state index contributed by atoms with van der Waals surface area (Å²) in [5, 5.41) is 9.86. The highest BCUT2D eigenvalue weighted by Gasteiger charge is 2.56. The van der Waals surface area contributed by atoms with Gasteiger partial charge in [-0.15, -0.1) is 0 Å². The zero-order valence-corrected chi connectivity index (χ0v) is 17.1. The van der Waals surface area contributed by atoms with Crippen molar-refractivity contribution in [1.29, 1.82) is 0 Å². The average Bonchev–Trinajstić information content (AvgIpc) is 2.98. The van der Waals surface area contributed by atoms with Crippen LogP contribution in [0.3, 0.4) is 0 Å². The molecule has 0 bridgehead atoms. The van der Waals surface area contributed by atoms with Gasteiger partial charge in [0.1, 0.15) is 12.1 Å². The van der Waals surface area contributed by atoms with Gasteiger partial charge >= 0.3 is 12.1 Å². The van der Waals surface area contributed by atoms with E-state index in [4.69, 9.17) is 4.74 Å². The predicted octanol–water partition coefficient (Wildman–Crippen LogP) is 4.90. The van der Waals surface area contributed by atoms with Crippen LogP contribution in [0.5, 0.6) is 0 Å². The molecule has 0 atom stereocenters. The third-order valence-corrected chi connectivity index (χ3v) is 6.28. The van der Waals surface area contributed by atoms with Gasteiger partial charge in [-0.05, 0) is 54.9 Å². The molecule has 2 aromatic rings. The number of ether oxygens (including phenoxy) is 1. The molecule has 2 aliphatic carbocycles. The van der Waals surface area contributed by atoms with Crippen LogP contribution in [0.15, 0.2) is 48.5 Å². The van der Waals surface area contributed by atoms with Crippen LogP contribution in [0.1, 0.15) is 50.7 Å². The van der Waals surface area contributed by atoms with Crippen LogP contribution in [-0.4, -0.2) is 40.3 Å². The van der Waals surface area contributed by atoms with E-state index in [1.165, 1.54) is 16.0 Å². The summed E-state index contributed by atoms with van der Waals surface area (Å²) in [6.07, 6.45) is 0.381. The summed E-state index contributed by atoms with van der Waals surface area (Å²) in [4.78, 5) is 26.5. The van der Waals surface area contributed by atoms with E-state index in [0.29, 0.717) is 12.8 Å². The summed E-state index contributed by atoms with van der Waals surface area (Å²) >= 11 is 0. The van der Waals surface area contributed by atoms with Crippen LogP contribution in [0, 0.1) is 5.92 Å². The molecule has 1 saturated carbocycles. The van der Waals surface area contributed by atoms with Crippen molar-refractivity contribution in [2.75, 3.05) is 6.61 Å². The standard InChI is InChI=1S/C24H27NO4/c1-15(2)25(24(22(26)27)12-16(3)13-24)23(28)29-14-21-19-10-6-4-8-17(19)18-9-5-7-11-20(18)21/h4-11,15-16,21H,12-14H2,1-3H3,(H,26,27). The van der Waals surface area contributed by atoms with E-state index in [-0.39, 0.29) is 24.5 Å². The normalized spacial score (nSPS) is 22.6. The lowest BCUT2D eigenvalue weighted by molar-refractivity contribution is -0.162. The molecule has 0 radical (unpaired) electrons. The highest BCUT2D eigenvalue weighted by atomic mass is 16.6. The molecule has 4 rings (SSSR count). The molecular weight excluding hydrogens is 366 g/mol. The molecule has 1 N–H and O–H groups in total. The van der Waals surface area contributed by atoms with Gasteiger partial charge in [0.25, 0.3) is 0 Å². The Bertz CT molecular complexity index is 900. The molecule has 0 saturated heterocycles. The lowest BCUT2D eigenvalue weighted by Crippen LogP contribution is -2.65. The minimum atomic E-state index is -1.16. The van der Waals surface area contributed by atoms with Gasteiger partial charge in [-0.1, -0.05) is 55.5 Å². The van der Waals surface area contributed by atoms with Gasteiger partial charge in [-0.25, -0.2) is 9.59 Å². The molecule has 5 nitrogen and oxygen atoms in total. The van der Waals surface area contributed by atoms with Crippen molar-refractivity contribution < 1.29 is 19.4 Å². The molecule has 1 amide bonds. The van der Waals surface area contributed by atoms with Crippen molar-refractivity contribution >= 4 is 12.1 Å². The van der Waals surface area contributed by atoms with E-state index in [1.807, 2.05) is 45.0 Å². The number of carboxylic acids is 1. The highest BCUT2D eigenvalue weighted by molar-refractivity contribution is 5.86. The fourth-order valence-corrected chi connectivity index (χ4v) is 5.11. The molecule has 152 valence electrons. The molecule has 1 fully saturated rings. The summed E-state index contributed by atoms with van der Waals surface area (Å²) in [7, 11) is 0. The quantitative estimate of drug-likeness (QED) is 0.785. The maximum absolute atomic E-state index is 13.1. The number of rotatable bonds is 5. The smallest absolute Gasteiger partial charge is 0.410 e. The fraction of sp³-hybridized carbons (Fsp3) is 0.417. The highest BCUT2D eigenvalue weighted by Crippen LogP contribution is 2.46. The first kappa shape index (κ1) is 19.5. The first-order valence-corrected chi connectivity index (χ1v) is 10.2. The minimum absolute atomic E-state index is 0.0403. The molecule has 0 heterocycles. The second-order valence-corrected chi connectivity index (χ2v) is 8.62. The molecule has 0 aliphatic heterocycles. The summed E-state index contributed by atoms with van der Waals surface area (Å²) < 4.78 is 5.75. The summed E-state index contributed by atoms with van der Waals surface area (Å²) in [6.45, 7) is 5.89. The second-order valence-electron chi connectivity index (χ2n) is 8.62. The van der Waals surface area contributed by atoms with Crippen LogP contribution in [-0.2, 0) is 9.53 Å². The molecule has 0 aromatic heterocycles. The lowest BCUT2D eigenvalue weighted by atomic mass is 9.67. The maximum atomic E-state index is 13.1. The molecule has 0 spiro atoms. The fourth-order valence-electron chi connectivity index (χ4n) is 5.11. The molecular formula is C24H27NO4. The number of nitrogens with zero attached hydrogens (tertiary/aromatic N) is 1. The van der Waals surface area contributed by atoms with E-state index in [9.17, 15) is 14.7 Å². The van der Waals surface area contributed by atoms with Crippen LogP contribution < -0.4 is 0 Å². The van der Waals surface area contributed by atoms with Crippen molar-refractivity contribution in [2.45, 2.75) is 51.1 Å². The van der Waals surface area contributed by atoms with Crippen molar-refractivity contribution in [3.05, 3.63) is 59.7 Å². The number of hydrogen-bond donors (Lipinski definition) is 1. The van der Waals surface area contributed by atoms with Gasteiger partial charge in [-0.2, -0.15) is 0 Å². The molecule has 2 aliphatic rings. The average molecular weight is 393 g/mol. The van der Waals surface area contributed by atoms with E-state index >= 15 is 0 Å². The zero-order chi connectivity index (χ0) is 20.8. The monoisotopic (exact) mass is 393 g/mol. The van der Waals surface area contributed by atoms with E-state index in [0.717, 1.165) is 11.1 Å². The van der Waals surface area contributed by atoms with Gasteiger partial charge in [0.2, 0.25) is 0 Å². The summed E-state index contributed by atoms with van der Waals surface area (Å²) in [6, 6.07) is 16.1. The maximum Gasteiger partial charge on any atom is 0.410 e. The van der Waals surface area contributed by atoms with E-state index in [1.54, 1.807) is 0 Å². The number of fused-ring (bicyclic) bond motifs is 3. The topological polar surface area (TPSA) is 66.8 Å². The lowest BCUT2D eigenvalue weighted by Gasteiger charge is -2.51. The minimum Gasteiger partial charge on any atom is -0.479 e. The number of aliphatic carboxylic acids is 1. The van der Waals surface area contributed by atoms with Crippen molar-refractivity contribution in [2.24, 2.45) is 5.92 Å². The molecule has 2 aromatic carbocycles. The Balaban J connectivity index is 1.57. The SMILES string of the molecule is CC1CC(C(=O)O)(N(C(=O)OCC2c3ccccc3-c3ccccc32)C(C)C)C1. The molecule has 5 heteroatoms. The van der Waals surface area contributed by atoms with Gasteiger partial charge in [0.05, 0.1) is 0 Å². The second kappa shape index (κ2) is 7.21. The van der Waals surface area contributed by atoms with Crippen molar-refractivity contribution in [1.82, 2.24) is 4.90 Å². The Morgan fingerprint density at radius 3 is 2.03 bits per heavy atom. The largest absolute Gasteiger partial charge is 0.479 e. The van der Waals surface area contributed by atoms with E-state index in [2.05, 4.69) is 24.3 Å². The Labute approximate surface area is 171 Å². The summed E-state index contributed by atoms with van der Waals surface area (Å²) in [5.74, 6) is -0.701. The number of carbonyl (C=O) groups is 2. The van der Waals surface area contributed by atoms with Crippen LogP contribution >= 0.6 is 0 Å². The van der Waals surface area contributed by atoms with Crippen LogP contribution in [0.2, 0.25) is 0 Å². The first-order chi connectivity index (χ1) is 13.8. The number of hydrogen-bond acceptors (Lipinski definition) is 3. The molecule has 0 unspecified atom stereocenters. The van der Waals surface area contributed by atoms with Gasteiger partial charge in [-0.3, -0.25) is 4.90 Å². The molecule has 29 heavy (non-hydrogen) atoms. The number of carbonyl (C=O) groups excluding carboxylic acids is 1. The predicted molar refractivity (Wildman–Crippen MR) is 111 cm³/mol. The van der Waals surface area contributed by atoms with Gasteiger partial charge in [0.15, 0.2) is 0 Å². The Kier molecular flexibility index (Phi) is 4.85. The number of carboxylic acid groups (broad SMARTS) is 1. The van der Waals surface area contributed by atoms with Crippen molar-refractivity contribution in [3.8, 4) is 11.1 Å². The summed E-state index contributed by atoms with van der Waals surface area (Å²) in [5.41, 5.74) is 3.46. The van der Waals surface area contributed by atoms with Crippen LogP contribution in [0.25, 0.3) is 11.1 Å². The first-order valence-electron chi connectivity index (χ1n) is 10.2. The Morgan fingerprint density at radius 2 is 1.59 bits per heavy atom. The Hall–Kier alpha value is -2.82. The third-order valence-electron chi connectivity index (χ3n) is 6.28. The van der Waals surface area contributed by atoms with Crippen LogP contribution in [0.4, 0.5) is 4.79 Å². The van der Waals surface area contributed by atoms with Gasteiger partial charge < -0.3 is 9.84 Å². The van der Waals surface area contributed by atoms with E-state index < -0.39 is 17.6 Å². The number of benzene rings is 2. The number of amides is 1. The zero-order valence-electron chi connectivity index (χ0n) is 17.1. The van der Waals surface area contributed by atoms with Crippen molar-refractivity contribution in [3.63, 3.8) is 0 Å². The van der Waals surface area contributed by atoms with Gasteiger partial charge in [0, 0.05) is 12.0 Å².